The van der Waals surface area contributed by atoms with Gasteiger partial charge in [-0.05, 0) is 41.5 Å². The number of rotatable bonds is 3. The van der Waals surface area contributed by atoms with Crippen molar-refractivity contribution in [3.05, 3.63) is 98.4 Å². The molecule has 1 aromatic heterocycles. The highest BCUT2D eigenvalue weighted by molar-refractivity contribution is 6.30. The summed E-state index contributed by atoms with van der Waals surface area (Å²) in [5.41, 5.74) is 2.63. The second kappa shape index (κ2) is 6.39. The zero-order valence-electron chi connectivity index (χ0n) is 14.1. The first-order valence-electron chi connectivity index (χ1n) is 8.29. The molecule has 0 saturated heterocycles. The van der Waals surface area contributed by atoms with Gasteiger partial charge in [-0.2, -0.15) is 0 Å². The lowest BCUT2D eigenvalue weighted by Crippen LogP contribution is -2.15. The third-order valence-corrected chi connectivity index (χ3v) is 4.95. The number of aromatic hydroxyl groups is 1. The maximum Gasteiger partial charge on any atom is 0.268 e. The van der Waals surface area contributed by atoms with Crippen LogP contribution in [0.4, 0.5) is 0 Å². The molecular weight excluding hydrogens is 348 g/mol. The highest BCUT2D eigenvalue weighted by Crippen LogP contribution is 2.41. The molecule has 4 aromatic rings. The molecular formula is C21H17ClN2O2. The average molecular weight is 365 g/mol. The number of nitrogens with one attached hydrogen (secondary N) is 2. The van der Waals surface area contributed by atoms with E-state index in [9.17, 15) is 9.90 Å². The molecule has 3 aromatic carbocycles. The summed E-state index contributed by atoms with van der Waals surface area (Å²) in [4.78, 5) is 12.6. The Bertz CT molecular complexity index is 1160. The summed E-state index contributed by atoms with van der Waals surface area (Å²) in [7, 11) is 0. The van der Waals surface area contributed by atoms with Crippen LogP contribution >= 0.6 is 11.6 Å². The van der Waals surface area contributed by atoms with Crippen molar-refractivity contribution < 1.29 is 5.11 Å². The standard InChI is InChI=1S/C21H17ClN2O2/c1-12-18(21(26)24-23-12)19(14-6-4-7-15(22)11-14)20-16-8-3-2-5-13(16)9-10-17(20)25/h2-11,19,25H,1H3,(H2,23,24,26). The molecule has 5 heteroatoms. The van der Waals surface area contributed by atoms with E-state index < -0.39 is 5.92 Å². The van der Waals surface area contributed by atoms with Gasteiger partial charge in [0, 0.05) is 22.2 Å². The molecule has 4 rings (SSSR count). The van der Waals surface area contributed by atoms with Gasteiger partial charge in [-0.1, -0.05) is 54.1 Å². The minimum atomic E-state index is -0.449. The number of fused-ring (bicyclic) bond motifs is 1. The van der Waals surface area contributed by atoms with Gasteiger partial charge in [0.15, 0.2) is 0 Å². The number of phenols is 1. The molecule has 0 fully saturated rings. The maximum atomic E-state index is 12.6. The Hall–Kier alpha value is -2.98. The maximum absolute atomic E-state index is 12.6. The molecule has 0 aliphatic rings. The van der Waals surface area contributed by atoms with E-state index in [0.717, 1.165) is 22.0 Å². The van der Waals surface area contributed by atoms with Crippen LogP contribution in [0.2, 0.25) is 5.02 Å². The molecule has 0 amide bonds. The second-order valence-corrected chi connectivity index (χ2v) is 6.76. The topological polar surface area (TPSA) is 68.9 Å². The van der Waals surface area contributed by atoms with Crippen LogP contribution in [0.25, 0.3) is 10.8 Å². The Morgan fingerprint density at radius 3 is 2.50 bits per heavy atom. The fraction of sp³-hybridized carbons (Fsp3) is 0.0952. The van der Waals surface area contributed by atoms with Gasteiger partial charge in [0.25, 0.3) is 5.56 Å². The Kier molecular flexibility index (Phi) is 4.05. The predicted molar refractivity (Wildman–Crippen MR) is 104 cm³/mol. The lowest BCUT2D eigenvalue weighted by Gasteiger charge is -2.21. The molecule has 3 N–H and O–H groups in total. The zero-order valence-corrected chi connectivity index (χ0v) is 14.8. The van der Waals surface area contributed by atoms with Crippen molar-refractivity contribution in [3.8, 4) is 5.75 Å². The summed E-state index contributed by atoms with van der Waals surface area (Å²) in [6, 6.07) is 18.8. The normalized spacial score (nSPS) is 12.4. The quantitative estimate of drug-likeness (QED) is 0.493. The molecule has 0 saturated carbocycles. The molecule has 0 bridgehead atoms. The molecule has 0 aliphatic heterocycles. The van der Waals surface area contributed by atoms with E-state index in [-0.39, 0.29) is 11.3 Å². The van der Waals surface area contributed by atoms with Gasteiger partial charge in [-0.15, -0.1) is 0 Å². The molecule has 0 aliphatic carbocycles. The summed E-state index contributed by atoms with van der Waals surface area (Å²) in [6.45, 7) is 1.84. The van der Waals surface area contributed by atoms with E-state index in [1.807, 2.05) is 55.5 Å². The lowest BCUT2D eigenvalue weighted by atomic mass is 9.82. The van der Waals surface area contributed by atoms with Gasteiger partial charge in [0.2, 0.25) is 0 Å². The molecule has 1 atom stereocenters. The number of hydrogen-bond acceptors (Lipinski definition) is 2. The molecule has 0 spiro atoms. The minimum Gasteiger partial charge on any atom is -0.508 e. The van der Waals surface area contributed by atoms with Crippen LogP contribution in [0.3, 0.4) is 0 Å². The van der Waals surface area contributed by atoms with E-state index in [1.54, 1.807) is 12.1 Å². The highest BCUT2D eigenvalue weighted by atomic mass is 35.5. The van der Waals surface area contributed by atoms with Crippen LogP contribution < -0.4 is 5.56 Å². The lowest BCUT2D eigenvalue weighted by molar-refractivity contribution is 0.468. The Labute approximate surface area is 155 Å². The van der Waals surface area contributed by atoms with Gasteiger partial charge in [-0.3, -0.25) is 9.89 Å². The van der Waals surface area contributed by atoms with Crippen LogP contribution in [-0.4, -0.2) is 15.3 Å². The number of benzene rings is 3. The van der Waals surface area contributed by atoms with Crippen LogP contribution in [0.15, 0.2) is 65.5 Å². The van der Waals surface area contributed by atoms with E-state index >= 15 is 0 Å². The third kappa shape index (κ3) is 2.68. The number of aromatic amines is 2. The number of aryl methyl sites for hydroxylation is 1. The van der Waals surface area contributed by atoms with Crippen molar-refractivity contribution in [2.75, 3.05) is 0 Å². The van der Waals surface area contributed by atoms with Gasteiger partial charge < -0.3 is 10.2 Å². The largest absolute Gasteiger partial charge is 0.508 e. The molecule has 1 unspecified atom stereocenters. The number of aromatic nitrogens is 2. The molecule has 130 valence electrons. The van der Waals surface area contributed by atoms with Gasteiger partial charge >= 0.3 is 0 Å². The average Bonchev–Trinajstić information content (AvgIpc) is 2.96. The molecule has 0 radical (unpaired) electrons. The first-order valence-corrected chi connectivity index (χ1v) is 8.67. The Balaban J connectivity index is 2.11. The van der Waals surface area contributed by atoms with Crippen LogP contribution in [-0.2, 0) is 0 Å². The Morgan fingerprint density at radius 2 is 1.77 bits per heavy atom. The van der Waals surface area contributed by atoms with Crippen molar-refractivity contribution in [2.24, 2.45) is 0 Å². The summed E-state index contributed by atoms with van der Waals surface area (Å²) >= 11 is 6.22. The van der Waals surface area contributed by atoms with Crippen molar-refractivity contribution in [1.29, 1.82) is 0 Å². The summed E-state index contributed by atoms with van der Waals surface area (Å²) < 4.78 is 0. The fourth-order valence-electron chi connectivity index (χ4n) is 3.55. The van der Waals surface area contributed by atoms with E-state index in [2.05, 4.69) is 10.2 Å². The fourth-order valence-corrected chi connectivity index (χ4v) is 3.75. The van der Waals surface area contributed by atoms with E-state index in [0.29, 0.717) is 16.1 Å². The third-order valence-electron chi connectivity index (χ3n) is 4.72. The summed E-state index contributed by atoms with van der Waals surface area (Å²) in [6.07, 6.45) is 0. The monoisotopic (exact) mass is 364 g/mol. The number of halogens is 1. The smallest absolute Gasteiger partial charge is 0.268 e. The second-order valence-electron chi connectivity index (χ2n) is 6.33. The van der Waals surface area contributed by atoms with Crippen molar-refractivity contribution >= 4 is 22.4 Å². The summed E-state index contributed by atoms with van der Waals surface area (Å²) in [5.74, 6) is -0.302. The van der Waals surface area contributed by atoms with Gasteiger partial charge in [0.1, 0.15) is 5.75 Å². The Morgan fingerprint density at radius 1 is 0.962 bits per heavy atom. The SMILES string of the molecule is Cc1[nH][nH]c(=O)c1C(c1cccc(Cl)c1)c1c(O)ccc2ccccc12. The first kappa shape index (κ1) is 16.5. The number of H-pyrrole nitrogens is 2. The van der Waals surface area contributed by atoms with Crippen LogP contribution in [0.5, 0.6) is 5.75 Å². The molecule has 4 nitrogen and oxygen atoms in total. The highest BCUT2D eigenvalue weighted by Gasteiger charge is 2.27. The van der Waals surface area contributed by atoms with E-state index in [1.165, 1.54) is 0 Å². The van der Waals surface area contributed by atoms with E-state index in [4.69, 9.17) is 11.6 Å². The molecule has 1 heterocycles. The van der Waals surface area contributed by atoms with Crippen molar-refractivity contribution in [3.63, 3.8) is 0 Å². The number of hydrogen-bond donors (Lipinski definition) is 3. The van der Waals surface area contributed by atoms with Crippen LogP contribution in [0.1, 0.15) is 28.3 Å². The van der Waals surface area contributed by atoms with Crippen molar-refractivity contribution in [2.45, 2.75) is 12.8 Å². The molecule has 26 heavy (non-hydrogen) atoms. The predicted octanol–water partition coefficient (Wildman–Crippen LogP) is 4.70. The van der Waals surface area contributed by atoms with Gasteiger partial charge in [-0.25, -0.2) is 0 Å². The summed E-state index contributed by atoms with van der Waals surface area (Å²) in [5, 5.41) is 18.7. The minimum absolute atomic E-state index is 0.147. The van der Waals surface area contributed by atoms with Crippen molar-refractivity contribution in [1.82, 2.24) is 10.2 Å². The van der Waals surface area contributed by atoms with Crippen LogP contribution in [0, 0.1) is 6.92 Å². The van der Waals surface area contributed by atoms with Gasteiger partial charge in [0.05, 0.1) is 5.56 Å². The number of phenolic OH excluding ortho intramolecular Hbond substituents is 1. The zero-order chi connectivity index (χ0) is 18.3. The first-order chi connectivity index (χ1) is 12.6.